The highest BCUT2D eigenvalue weighted by Crippen LogP contribution is 2.15. The van der Waals surface area contributed by atoms with Crippen molar-refractivity contribution in [2.75, 3.05) is 11.9 Å². The van der Waals surface area contributed by atoms with Crippen LogP contribution >= 0.6 is 0 Å². The Balaban J connectivity index is 1.74. The molecule has 0 fully saturated rings. The molecule has 0 aromatic heterocycles. The van der Waals surface area contributed by atoms with Crippen molar-refractivity contribution in [3.05, 3.63) is 65.2 Å². The molecular weight excluding hydrogens is 300 g/mol. The number of aryl methyl sites for hydroxylation is 3. The molecule has 2 aromatic carbocycles. The molecule has 4 nitrogen and oxygen atoms in total. The van der Waals surface area contributed by atoms with Gasteiger partial charge in [0.15, 0.2) is 0 Å². The zero-order chi connectivity index (χ0) is 17.4. The first-order valence-electron chi connectivity index (χ1n) is 8.28. The van der Waals surface area contributed by atoms with Crippen LogP contribution in [0.15, 0.2) is 48.5 Å². The van der Waals surface area contributed by atoms with E-state index >= 15 is 0 Å². The molecular formula is C20H24N2O2. The quantitative estimate of drug-likeness (QED) is 0.821. The Bertz CT molecular complexity index is 693. The smallest absolute Gasteiger partial charge is 0.243 e. The van der Waals surface area contributed by atoms with Crippen molar-refractivity contribution in [1.82, 2.24) is 5.32 Å². The monoisotopic (exact) mass is 324 g/mol. The summed E-state index contributed by atoms with van der Waals surface area (Å²) < 4.78 is 0. The van der Waals surface area contributed by atoms with E-state index in [2.05, 4.69) is 10.6 Å². The number of para-hydroxylation sites is 1. The highest BCUT2D eigenvalue weighted by atomic mass is 16.2. The molecule has 0 atom stereocenters. The third kappa shape index (κ3) is 5.54. The SMILES string of the molecule is CCc1ccccc1NC(=O)CNC(=O)CCc1ccc(C)cc1. The van der Waals surface area contributed by atoms with Gasteiger partial charge in [0.1, 0.15) is 0 Å². The number of benzene rings is 2. The maximum Gasteiger partial charge on any atom is 0.243 e. The minimum atomic E-state index is -0.209. The van der Waals surface area contributed by atoms with Crippen LogP contribution in [0.1, 0.15) is 30.0 Å². The lowest BCUT2D eigenvalue weighted by atomic mass is 10.1. The van der Waals surface area contributed by atoms with E-state index in [4.69, 9.17) is 0 Å². The van der Waals surface area contributed by atoms with E-state index in [0.717, 1.165) is 23.2 Å². The van der Waals surface area contributed by atoms with E-state index in [1.54, 1.807) is 0 Å². The average Bonchev–Trinajstić information content (AvgIpc) is 2.60. The van der Waals surface area contributed by atoms with Gasteiger partial charge in [-0.25, -0.2) is 0 Å². The maximum absolute atomic E-state index is 12.0. The summed E-state index contributed by atoms with van der Waals surface area (Å²) >= 11 is 0. The fourth-order valence-corrected chi connectivity index (χ4v) is 2.42. The second-order valence-electron chi connectivity index (χ2n) is 5.82. The number of hydrogen-bond donors (Lipinski definition) is 2. The lowest BCUT2D eigenvalue weighted by Crippen LogP contribution is -2.33. The lowest BCUT2D eigenvalue weighted by Gasteiger charge is -2.10. The summed E-state index contributed by atoms with van der Waals surface area (Å²) in [6.07, 6.45) is 1.90. The topological polar surface area (TPSA) is 58.2 Å². The van der Waals surface area contributed by atoms with Gasteiger partial charge in [-0.2, -0.15) is 0 Å². The highest BCUT2D eigenvalue weighted by molar-refractivity contribution is 5.95. The fourth-order valence-electron chi connectivity index (χ4n) is 2.42. The Morgan fingerprint density at radius 3 is 2.38 bits per heavy atom. The molecule has 0 aliphatic carbocycles. The molecule has 24 heavy (non-hydrogen) atoms. The average molecular weight is 324 g/mol. The number of rotatable bonds is 7. The molecule has 0 heterocycles. The first-order chi connectivity index (χ1) is 11.6. The van der Waals surface area contributed by atoms with Crippen LogP contribution in [0.2, 0.25) is 0 Å². The Labute approximate surface area is 143 Å². The summed E-state index contributed by atoms with van der Waals surface area (Å²) in [4.78, 5) is 23.8. The van der Waals surface area contributed by atoms with Crippen LogP contribution in [0.5, 0.6) is 0 Å². The van der Waals surface area contributed by atoms with Gasteiger partial charge in [-0.1, -0.05) is 55.0 Å². The molecule has 0 spiro atoms. The molecule has 2 aromatic rings. The predicted molar refractivity (Wildman–Crippen MR) is 97.0 cm³/mol. The molecule has 0 saturated heterocycles. The Kier molecular flexibility index (Phi) is 6.55. The van der Waals surface area contributed by atoms with E-state index in [9.17, 15) is 9.59 Å². The summed E-state index contributed by atoms with van der Waals surface area (Å²) in [5.41, 5.74) is 4.21. The molecule has 4 heteroatoms. The first-order valence-corrected chi connectivity index (χ1v) is 8.28. The van der Waals surface area contributed by atoms with Crippen molar-refractivity contribution in [3.8, 4) is 0 Å². The number of anilines is 1. The van der Waals surface area contributed by atoms with Gasteiger partial charge in [-0.3, -0.25) is 9.59 Å². The summed E-state index contributed by atoms with van der Waals surface area (Å²) in [5, 5.41) is 5.51. The van der Waals surface area contributed by atoms with Crippen molar-refractivity contribution >= 4 is 17.5 Å². The molecule has 2 rings (SSSR count). The molecule has 0 radical (unpaired) electrons. The number of carbonyl (C=O) groups is 2. The van der Waals surface area contributed by atoms with Crippen LogP contribution in [0.3, 0.4) is 0 Å². The van der Waals surface area contributed by atoms with Gasteiger partial charge in [0.05, 0.1) is 6.54 Å². The number of nitrogens with one attached hydrogen (secondary N) is 2. The zero-order valence-corrected chi connectivity index (χ0v) is 14.3. The van der Waals surface area contributed by atoms with Gasteiger partial charge in [0.25, 0.3) is 0 Å². The van der Waals surface area contributed by atoms with E-state index in [0.29, 0.717) is 12.8 Å². The Hall–Kier alpha value is -2.62. The molecule has 0 bridgehead atoms. The van der Waals surface area contributed by atoms with Crippen LogP contribution in [0, 0.1) is 6.92 Å². The second-order valence-corrected chi connectivity index (χ2v) is 5.82. The lowest BCUT2D eigenvalue weighted by molar-refractivity contribution is -0.124. The summed E-state index contributed by atoms with van der Waals surface area (Å²) in [6, 6.07) is 15.8. The number of amides is 2. The third-order valence-electron chi connectivity index (χ3n) is 3.88. The third-order valence-corrected chi connectivity index (χ3v) is 3.88. The van der Waals surface area contributed by atoms with Crippen molar-refractivity contribution in [3.63, 3.8) is 0 Å². The molecule has 0 aliphatic rings. The van der Waals surface area contributed by atoms with Gasteiger partial charge >= 0.3 is 0 Å². The van der Waals surface area contributed by atoms with Crippen LogP contribution in [-0.2, 0) is 22.4 Å². The van der Waals surface area contributed by atoms with Crippen molar-refractivity contribution in [1.29, 1.82) is 0 Å². The van der Waals surface area contributed by atoms with E-state index in [-0.39, 0.29) is 18.4 Å². The number of carbonyl (C=O) groups excluding carboxylic acids is 2. The van der Waals surface area contributed by atoms with E-state index < -0.39 is 0 Å². The fraction of sp³-hybridized carbons (Fsp3) is 0.300. The van der Waals surface area contributed by atoms with Crippen molar-refractivity contribution in [2.24, 2.45) is 0 Å². The first kappa shape index (κ1) is 17.7. The molecule has 0 unspecified atom stereocenters. The maximum atomic E-state index is 12.0. The second kappa shape index (κ2) is 8.87. The van der Waals surface area contributed by atoms with E-state index in [1.165, 1.54) is 5.56 Å². The summed E-state index contributed by atoms with van der Waals surface area (Å²) in [5.74, 6) is -0.325. The Morgan fingerprint density at radius 1 is 0.958 bits per heavy atom. The molecule has 126 valence electrons. The predicted octanol–water partition coefficient (Wildman–Crippen LogP) is 3.24. The van der Waals surface area contributed by atoms with Crippen LogP contribution in [0.25, 0.3) is 0 Å². The molecule has 2 N–H and O–H groups in total. The largest absolute Gasteiger partial charge is 0.347 e. The number of hydrogen-bond acceptors (Lipinski definition) is 2. The van der Waals surface area contributed by atoms with Gasteiger partial charge in [-0.05, 0) is 37.0 Å². The van der Waals surface area contributed by atoms with Gasteiger partial charge in [0, 0.05) is 12.1 Å². The highest BCUT2D eigenvalue weighted by Gasteiger charge is 2.08. The van der Waals surface area contributed by atoms with Gasteiger partial charge in [0.2, 0.25) is 11.8 Å². The zero-order valence-electron chi connectivity index (χ0n) is 14.3. The summed E-state index contributed by atoms with van der Waals surface area (Å²) in [7, 11) is 0. The standard InChI is InChI=1S/C20H24N2O2/c1-3-17-6-4-5-7-18(17)22-20(24)14-21-19(23)13-12-16-10-8-15(2)9-11-16/h4-11H,3,12-14H2,1-2H3,(H,21,23)(H,22,24). The van der Waals surface area contributed by atoms with Crippen molar-refractivity contribution in [2.45, 2.75) is 33.1 Å². The minimum Gasteiger partial charge on any atom is -0.347 e. The van der Waals surface area contributed by atoms with Gasteiger partial charge in [-0.15, -0.1) is 0 Å². The molecule has 2 amide bonds. The van der Waals surface area contributed by atoms with Crippen LogP contribution in [-0.4, -0.2) is 18.4 Å². The normalized spacial score (nSPS) is 10.2. The molecule has 0 saturated carbocycles. The summed E-state index contributed by atoms with van der Waals surface area (Å²) in [6.45, 7) is 4.06. The van der Waals surface area contributed by atoms with Crippen LogP contribution < -0.4 is 10.6 Å². The Morgan fingerprint density at radius 2 is 1.67 bits per heavy atom. The van der Waals surface area contributed by atoms with Crippen LogP contribution in [0.4, 0.5) is 5.69 Å². The van der Waals surface area contributed by atoms with Crippen molar-refractivity contribution < 1.29 is 9.59 Å². The minimum absolute atomic E-state index is 0.00915. The van der Waals surface area contributed by atoms with E-state index in [1.807, 2.05) is 62.4 Å². The van der Waals surface area contributed by atoms with Gasteiger partial charge < -0.3 is 10.6 Å². The molecule has 0 aliphatic heterocycles.